The van der Waals surface area contributed by atoms with Gasteiger partial charge in [-0.1, -0.05) is 12.8 Å². The van der Waals surface area contributed by atoms with Crippen molar-refractivity contribution in [1.82, 2.24) is 15.2 Å². The first kappa shape index (κ1) is 18.0. The van der Waals surface area contributed by atoms with Crippen molar-refractivity contribution in [3.05, 3.63) is 28.7 Å². The van der Waals surface area contributed by atoms with E-state index in [1.165, 1.54) is 10.6 Å². The van der Waals surface area contributed by atoms with Crippen molar-refractivity contribution < 1.29 is 9.59 Å². The van der Waals surface area contributed by atoms with Crippen LogP contribution in [0.2, 0.25) is 0 Å². The zero-order valence-electron chi connectivity index (χ0n) is 14.5. The summed E-state index contributed by atoms with van der Waals surface area (Å²) < 4.78 is 1.35. The molecule has 0 bridgehead atoms. The molecule has 1 aliphatic heterocycles. The van der Waals surface area contributed by atoms with Gasteiger partial charge in [-0.3, -0.25) is 14.4 Å². The number of nitrogens with one attached hydrogen (secondary N) is 2. The van der Waals surface area contributed by atoms with E-state index in [-0.39, 0.29) is 29.8 Å². The van der Waals surface area contributed by atoms with Crippen molar-refractivity contribution in [2.45, 2.75) is 44.2 Å². The van der Waals surface area contributed by atoms with E-state index in [0.29, 0.717) is 25.3 Å². The van der Waals surface area contributed by atoms with E-state index in [2.05, 4.69) is 16.7 Å². The van der Waals surface area contributed by atoms with Gasteiger partial charge in [0.05, 0.1) is 11.8 Å². The number of nitrogen functional groups attached to an aromatic ring is 1. The second kappa shape index (κ2) is 7.60. The Morgan fingerprint density at radius 1 is 1.38 bits per heavy atom. The van der Waals surface area contributed by atoms with Gasteiger partial charge < -0.3 is 20.9 Å². The summed E-state index contributed by atoms with van der Waals surface area (Å²) in [4.78, 5) is 36.9. The van der Waals surface area contributed by atoms with Gasteiger partial charge in [0.25, 0.3) is 5.56 Å². The minimum absolute atomic E-state index is 0.0823. The van der Waals surface area contributed by atoms with Gasteiger partial charge in [-0.15, -0.1) is 0 Å². The highest BCUT2D eigenvalue weighted by Crippen LogP contribution is 2.36. The number of pyridine rings is 1. The quantitative estimate of drug-likeness (QED) is 0.646. The number of carbonyl (C=O) groups is 2. The maximum Gasteiger partial charge on any atom is 0.274 e. The summed E-state index contributed by atoms with van der Waals surface area (Å²) in [5.74, 6) is -0.326. The molecule has 2 aliphatic rings. The molecule has 3 atom stereocenters. The Bertz CT molecular complexity index is 793. The van der Waals surface area contributed by atoms with Crippen molar-refractivity contribution in [3.8, 4) is 6.07 Å². The third kappa shape index (κ3) is 4.04. The molecule has 0 unspecified atom stereocenters. The number of amides is 2. The third-order valence-corrected chi connectivity index (χ3v) is 5.05. The van der Waals surface area contributed by atoms with E-state index >= 15 is 0 Å². The number of anilines is 1. The van der Waals surface area contributed by atoms with Crippen molar-refractivity contribution >= 4 is 17.5 Å². The summed E-state index contributed by atoms with van der Waals surface area (Å²) in [6, 6.07) is 3.72. The molecule has 4 N–H and O–H groups in total. The lowest BCUT2D eigenvalue weighted by molar-refractivity contribution is -0.126. The summed E-state index contributed by atoms with van der Waals surface area (Å²) in [6.07, 6.45) is 5.09. The lowest BCUT2D eigenvalue weighted by atomic mass is 9.98. The molecule has 8 heteroatoms. The van der Waals surface area contributed by atoms with Gasteiger partial charge >= 0.3 is 0 Å². The standard InChI is InChI=1S/C18H23N5O3/c19-10-13(9-12-5-6-21-16(12)24)22-17(25)15(8-11-3-4-11)23-7-1-2-14(20)18(23)26/h1-2,7,11-13,15H,3-6,8-9,20H2,(H,21,24)(H,22,25)/t12-,13-,15+/m0/s1. The molecule has 1 saturated heterocycles. The fourth-order valence-electron chi connectivity index (χ4n) is 3.36. The molecule has 1 aliphatic carbocycles. The van der Waals surface area contributed by atoms with Crippen LogP contribution in [0.4, 0.5) is 5.69 Å². The Balaban J connectivity index is 1.74. The zero-order valence-corrected chi connectivity index (χ0v) is 14.5. The van der Waals surface area contributed by atoms with E-state index in [9.17, 15) is 19.6 Å². The van der Waals surface area contributed by atoms with Crippen LogP contribution in [0.15, 0.2) is 23.1 Å². The van der Waals surface area contributed by atoms with Crippen LogP contribution in [0.5, 0.6) is 0 Å². The highest BCUT2D eigenvalue weighted by atomic mass is 16.2. The number of nitriles is 1. The lowest BCUT2D eigenvalue weighted by Gasteiger charge is -2.22. The normalized spacial score (nSPS) is 21.5. The van der Waals surface area contributed by atoms with E-state index in [1.54, 1.807) is 12.3 Å². The van der Waals surface area contributed by atoms with Crippen molar-refractivity contribution in [2.75, 3.05) is 12.3 Å². The SMILES string of the molecule is N#C[C@H](C[C@@H]1CCNC1=O)NC(=O)[C@@H](CC1CC1)n1cccc(N)c1=O. The smallest absolute Gasteiger partial charge is 0.274 e. The largest absolute Gasteiger partial charge is 0.394 e. The minimum Gasteiger partial charge on any atom is -0.394 e. The van der Waals surface area contributed by atoms with Gasteiger partial charge in [-0.25, -0.2) is 0 Å². The Morgan fingerprint density at radius 3 is 2.77 bits per heavy atom. The van der Waals surface area contributed by atoms with Gasteiger partial charge in [0.1, 0.15) is 12.1 Å². The van der Waals surface area contributed by atoms with E-state index in [4.69, 9.17) is 5.73 Å². The monoisotopic (exact) mass is 357 g/mol. The van der Waals surface area contributed by atoms with Crippen LogP contribution >= 0.6 is 0 Å². The molecule has 1 aromatic rings. The zero-order chi connectivity index (χ0) is 18.7. The molecule has 2 amide bonds. The molecule has 8 nitrogen and oxygen atoms in total. The third-order valence-electron chi connectivity index (χ3n) is 5.05. The Labute approximate surface area is 151 Å². The number of rotatable bonds is 7. The minimum atomic E-state index is -0.769. The van der Waals surface area contributed by atoms with Crippen LogP contribution in [0.3, 0.4) is 0 Å². The van der Waals surface area contributed by atoms with Gasteiger partial charge in [-0.2, -0.15) is 5.26 Å². The number of hydrogen-bond acceptors (Lipinski definition) is 5. The first-order chi connectivity index (χ1) is 12.5. The Kier molecular flexibility index (Phi) is 5.26. The fourth-order valence-corrected chi connectivity index (χ4v) is 3.36. The predicted octanol–water partition coefficient (Wildman–Crippen LogP) is 0.306. The molecule has 0 radical (unpaired) electrons. The number of nitrogens with two attached hydrogens (primary N) is 1. The van der Waals surface area contributed by atoms with Crippen molar-refractivity contribution in [2.24, 2.45) is 11.8 Å². The first-order valence-electron chi connectivity index (χ1n) is 8.94. The topological polar surface area (TPSA) is 130 Å². The maximum atomic E-state index is 12.8. The number of aromatic nitrogens is 1. The van der Waals surface area contributed by atoms with Crippen LogP contribution in [-0.4, -0.2) is 29.0 Å². The maximum absolute atomic E-state index is 12.8. The average Bonchev–Trinajstić information content (AvgIpc) is 3.36. The first-order valence-corrected chi connectivity index (χ1v) is 8.94. The summed E-state index contributed by atoms with van der Waals surface area (Å²) in [7, 11) is 0. The molecule has 3 rings (SSSR count). The fraction of sp³-hybridized carbons (Fsp3) is 0.556. The number of nitrogens with zero attached hydrogens (tertiary/aromatic N) is 2. The van der Waals surface area contributed by atoms with E-state index in [1.807, 2.05) is 0 Å². The van der Waals surface area contributed by atoms with Crippen molar-refractivity contribution in [1.29, 1.82) is 5.26 Å². The Hall–Kier alpha value is -2.82. The highest BCUT2D eigenvalue weighted by molar-refractivity contribution is 5.82. The molecule has 26 heavy (non-hydrogen) atoms. The highest BCUT2D eigenvalue weighted by Gasteiger charge is 2.33. The molecule has 0 spiro atoms. The van der Waals surface area contributed by atoms with E-state index in [0.717, 1.165) is 12.8 Å². The molecular formula is C18H23N5O3. The van der Waals surface area contributed by atoms with Crippen LogP contribution in [0.1, 0.15) is 38.1 Å². The Morgan fingerprint density at radius 2 is 2.15 bits per heavy atom. The van der Waals surface area contributed by atoms with Crippen LogP contribution in [-0.2, 0) is 9.59 Å². The molecule has 2 heterocycles. The molecule has 1 saturated carbocycles. The van der Waals surface area contributed by atoms with Crippen LogP contribution in [0, 0.1) is 23.2 Å². The summed E-state index contributed by atoms with van der Waals surface area (Å²) in [5, 5.41) is 14.8. The summed E-state index contributed by atoms with van der Waals surface area (Å²) >= 11 is 0. The predicted molar refractivity (Wildman–Crippen MR) is 94.8 cm³/mol. The van der Waals surface area contributed by atoms with E-state index < -0.39 is 17.6 Å². The summed E-state index contributed by atoms with van der Waals surface area (Å²) in [5.41, 5.74) is 5.37. The van der Waals surface area contributed by atoms with Gasteiger partial charge in [0, 0.05) is 18.7 Å². The van der Waals surface area contributed by atoms with Crippen LogP contribution < -0.4 is 21.9 Å². The average molecular weight is 357 g/mol. The molecular weight excluding hydrogens is 334 g/mol. The second-order valence-electron chi connectivity index (χ2n) is 7.07. The van der Waals surface area contributed by atoms with Crippen LogP contribution in [0.25, 0.3) is 0 Å². The molecule has 0 aromatic carbocycles. The molecule has 138 valence electrons. The number of carbonyl (C=O) groups excluding carboxylic acids is 2. The van der Waals surface area contributed by atoms with Gasteiger partial charge in [0.15, 0.2) is 0 Å². The lowest BCUT2D eigenvalue weighted by Crippen LogP contribution is -2.43. The van der Waals surface area contributed by atoms with Gasteiger partial charge in [0.2, 0.25) is 11.8 Å². The van der Waals surface area contributed by atoms with Gasteiger partial charge in [-0.05, 0) is 37.3 Å². The van der Waals surface area contributed by atoms with Crippen molar-refractivity contribution in [3.63, 3.8) is 0 Å². The molecule has 1 aromatic heterocycles. The number of hydrogen-bond donors (Lipinski definition) is 3. The summed E-state index contributed by atoms with van der Waals surface area (Å²) in [6.45, 7) is 0.596. The second-order valence-corrected chi connectivity index (χ2v) is 7.07. The molecule has 2 fully saturated rings.